The smallest absolute Gasteiger partial charge is 0.237 e. The Morgan fingerprint density at radius 2 is 2.05 bits per heavy atom. The average Bonchev–Trinajstić information content (AvgIpc) is 2.98. The number of amides is 1. The number of nitrogens with zero attached hydrogens (tertiary/aromatic N) is 1. The van der Waals surface area contributed by atoms with Crippen LogP contribution in [0.1, 0.15) is 25.7 Å². The molecule has 4 nitrogen and oxygen atoms in total. The largest absolute Gasteiger partial charge is 0.392 e. The molecule has 0 aliphatic heterocycles. The van der Waals surface area contributed by atoms with Crippen LogP contribution in [0.15, 0.2) is 36.5 Å². The Kier molecular flexibility index (Phi) is 3.59. The van der Waals surface area contributed by atoms with E-state index < -0.39 is 5.41 Å². The van der Waals surface area contributed by atoms with Crippen molar-refractivity contribution in [2.24, 2.45) is 11.1 Å². The van der Waals surface area contributed by atoms with E-state index in [-0.39, 0.29) is 5.91 Å². The summed E-state index contributed by atoms with van der Waals surface area (Å²) in [5, 5.41) is 3.96. The minimum absolute atomic E-state index is 0.0873. The molecule has 5 heteroatoms. The molecule has 2 aromatic rings. The molecule has 0 unspecified atom stereocenters. The van der Waals surface area contributed by atoms with E-state index in [1.165, 1.54) is 0 Å². The van der Waals surface area contributed by atoms with Gasteiger partial charge in [0.25, 0.3) is 0 Å². The van der Waals surface area contributed by atoms with Gasteiger partial charge >= 0.3 is 0 Å². The molecule has 3 rings (SSSR count). The summed E-state index contributed by atoms with van der Waals surface area (Å²) in [6.45, 7) is 0. The zero-order valence-corrected chi connectivity index (χ0v) is 12.5. The molecular weight excluding hydrogens is 282 g/mol. The number of thiocarbonyl (C=S) groups is 1. The van der Waals surface area contributed by atoms with Gasteiger partial charge in [0, 0.05) is 17.3 Å². The third-order valence-corrected chi connectivity index (χ3v) is 4.62. The van der Waals surface area contributed by atoms with Crippen LogP contribution in [-0.4, -0.2) is 15.9 Å². The quantitative estimate of drug-likeness (QED) is 0.855. The van der Waals surface area contributed by atoms with Crippen LogP contribution in [0.3, 0.4) is 0 Å². The van der Waals surface area contributed by atoms with E-state index >= 15 is 0 Å². The first-order valence-corrected chi connectivity index (χ1v) is 7.49. The van der Waals surface area contributed by atoms with Gasteiger partial charge in [0.2, 0.25) is 5.91 Å². The first kappa shape index (κ1) is 13.9. The van der Waals surface area contributed by atoms with E-state index in [0.717, 1.165) is 42.3 Å². The van der Waals surface area contributed by atoms with Gasteiger partial charge in [0.1, 0.15) is 0 Å². The van der Waals surface area contributed by atoms with Gasteiger partial charge in [-0.2, -0.15) is 0 Å². The number of aromatic nitrogens is 1. The third kappa shape index (κ3) is 2.49. The van der Waals surface area contributed by atoms with Crippen LogP contribution in [-0.2, 0) is 4.79 Å². The second-order valence-corrected chi connectivity index (χ2v) is 5.96. The van der Waals surface area contributed by atoms with Crippen molar-refractivity contribution in [1.82, 2.24) is 4.98 Å². The van der Waals surface area contributed by atoms with Crippen molar-refractivity contribution in [2.45, 2.75) is 25.7 Å². The van der Waals surface area contributed by atoms with Gasteiger partial charge in [0.15, 0.2) is 0 Å². The number of fused-ring (bicyclic) bond motifs is 1. The topological polar surface area (TPSA) is 68.0 Å². The highest BCUT2D eigenvalue weighted by molar-refractivity contribution is 7.80. The average molecular weight is 299 g/mol. The van der Waals surface area contributed by atoms with Crippen LogP contribution in [0.4, 0.5) is 5.69 Å². The lowest BCUT2D eigenvalue weighted by Gasteiger charge is -2.26. The van der Waals surface area contributed by atoms with Crippen molar-refractivity contribution in [3.05, 3.63) is 36.5 Å². The fourth-order valence-corrected chi connectivity index (χ4v) is 3.26. The predicted molar refractivity (Wildman–Crippen MR) is 88.1 cm³/mol. The van der Waals surface area contributed by atoms with Crippen LogP contribution < -0.4 is 11.1 Å². The maximum Gasteiger partial charge on any atom is 0.237 e. The molecule has 1 aromatic carbocycles. The molecule has 1 aliphatic carbocycles. The number of carbonyl (C=O) groups excluding carboxylic acids is 1. The van der Waals surface area contributed by atoms with Gasteiger partial charge in [-0.3, -0.25) is 9.78 Å². The third-order valence-electron chi connectivity index (χ3n) is 4.22. The van der Waals surface area contributed by atoms with Crippen LogP contribution in [0, 0.1) is 5.41 Å². The van der Waals surface area contributed by atoms with Crippen LogP contribution in [0.2, 0.25) is 0 Å². The molecule has 0 spiro atoms. The minimum atomic E-state index is -0.681. The summed E-state index contributed by atoms with van der Waals surface area (Å²) < 4.78 is 0. The molecule has 0 radical (unpaired) electrons. The fourth-order valence-electron chi connectivity index (χ4n) is 2.97. The summed E-state index contributed by atoms with van der Waals surface area (Å²) in [4.78, 5) is 17.2. The van der Waals surface area contributed by atoms with Crippen molar-refractivity contribution in [3.8, 4) is 0 Å². The number of hydrogen-bond acceptors (Lipinski definition) is 3. The lowest BCUT2D eigenvalue weighted by atomic mass is 9.85. The van der Waals surface area contributed by atoms with E-state index in [0.29, 0.717) is 4.99 Å². The van der Waals surface area contributed by atoms with Gasteiger partial charge < -0.3 is 11.1 Å². The predicted octanol–water partition coefficient (Wildman–Crippen LogP) is 3.02. The molecular formula is C16H17N3OS. The molecule has 0 saturated heterocycles. The van der Waals surface area contributed by atoms with Crippen LogP contribution in [0.5, 0.6) is 0 Å². The fraction of sp³-hybridized carbons (Fsp3) is 0.312. The van der Waals surface area contributed by atoms with Gasteiger partial charge in [-0.05, 0) is 37.1 Å². The molecule has 1 fully saturated rings. The molecule has 0 bridgehead atoms. The van der Waals surface area contributed by atoms with Crippen molar-refractivity contribution in [1.29, 1.82) is 0 Å². The summed E-state index contributed by atoms with van der Waals surface area (Å²) >= 11 is 5.14. The molecule has 0 atom stereocenters. The number of benzene rings is 1. The number of nitrogens with two attached hydrogens (primary N) is 1. The standard InChI is InChI=1S/C16H17N3OS/c17-14(21)16(7-1-2-8-16)15(20)19-12-5-6-13-11(10-12)4-3-9-18-13/h3-6,9-10H,1-2,7-8H2,(H2,17,21)(H,19,20). The van der Waals surface area contributed by atoms with E-state index in [4.69, 9.17) is 18.0 Å². The van der Waals surface area contributed by atoms with Crippen LogP contribution >= 0.6 is 12.2 Å². The number of carbonyl (C=O) groups is 1. The summed E-state index contributed by atoms with van der Waals surface area (Å²) in [5.41, 5.74) is 6.81. The van der Waals surface area contributed by atoms with Gasteiger partial charge in [-0.15, -0.1) is 0 Å². The Morgan fingerprint density at radius 1 is 1.29 bits per heavy atom. The van der Waals surface area contributed by atoms with Crippen molar-refractivity contribution in [3.63, 3.8) is 0 Å². The Labute approximate surface area is 128 Å². The maximum absolute atomic E-state index is 12.6. The second-order valence-electron chi connectivity index (χ2n) is 5.52. The second kappa shape index (κ2) is 5.41. The lowest BCUT2D eigenvalue weighted by Crippen LogP contribution is -2.43. The summed E-state index contributed by atoms with van der Waals surface area (Å²) in [6, 6.07) is 9.52. The van der Waals surface area contributed by atoms with Gasteiger partial charge in [-0.1, -0.05) is 31.1 Å². The number of hydrogen-bond donors (Lipinski definition) is 2. The molecule has 108 valence electrons. The monoisotopic (exact) mass is 299 g/mol. The summed E-state index contributed by atoms with van der Waals surface area (Å²) in [5.74, 6) is -0.0873. The number of rotatable bonds is 3. The van der Waals surface area contributed by atoms with Gasteiger partial charge in [0.05, 0.1) is 15.9 Å². The highest BCUT2D eigenvalue weighted by atomic mass is 32.1. The van der Waals surface area contributed by atoms with Crippen molar-refractivity contribution < 1.29 is 4.79 Å². The normalized spacial score (nSPS) is 16.8. The molecule has 1 heterocycles. The molecule has 1 aromatic heterocycles. The number of pyridine rings is 1. The zero-order chi connectivity index (χ0) is 14.9. The van der Waals surface area contributed by atoms with E-state index in [9.17, 15) is 4.79 Å². The van der Waals surface area contributed by atoms with E-state index in [1.54, 1.807) is 6.20 Å². The highest BCUT2D eigenvalue weighted by Crippen LogP contribution is 2.39. The number of nitrogens with one attached hydrogen (secondary N) is 1. The molecule has 3 N–H and O–H groups in total. The first-order valence-electron chi connectivity index (χ1n) is 7.08. The SMILES string of the molecule is NC(=S)C1(C(=O)Nc2ccc3ncccc3c2)CCCC1. The Hall–Kier alpha value is -2.01. The zero-order valence-electron chi connectivity index (χ0n) is 11.6. The summed E-state index contributed by atoms with van der Waals surface area (Å²) in [7, 11) is 0. The summed E-state index contributed by atoms with van der Waals surface area (Å²) in [6.07, 6.45) is 5.21. The Balaban J connectivity index is 1.87. The van der Waals surface area contributed by atoms with Crippen LogP contribution in [0.25, 0.3) is 10.9 Å². The van der Waals surface area contributed by atoms with Crippen molar-refractivity contribution in [2.75, 3.05) is 5.32 Å². The van der Waals surface area contributed by atoms with E-state index in [2.05, 4.69) is 10.3 Å². The molecule has 1 aliphatic rings. The van der Waals surface area contributed by atoms with Crippen molar-refractivity contribution >= 4 is 39.7 Å². The molecule has 1 saturated carbocycles. The molecule has 1 amide bonds. The molecule has 21 heavy (non-hydrogen) atoms. The minimum Gasteiger partial charge on any atom is -0.392 e. The van der Waals surface area contributed by atoms with Gasteiger partial charge in [-0.25, -0.2) is 0 Å². The van der Waals surface area contributed by atoms with E-state index in [1.807, 2.05) is 30.3 Å². The Morgan fingerprint density at radius 3 is 2.76 bits per heavy atom. The first-order chi connectivity index (χ1) is 10.1. The Bertz CT molecular complexity index is 707. The lowest BCUT2D eigenvalue weighted by molar-refractivity contribution is -0.122. The highest BCUT2D eigenvalue weighted by Gasteiger charge is 2.43. The number of anilines is 1. The maximum atomic E-state index is 12.6.